The second kappa shape index (κ2) is 21.5. The third kappa shape index (κ3) is 20.0. The molecule has 0 aliphatic rings. The topological polar surface area (TPSA) is 183 Å². The number of ketones is 2. The van der Waals surface area contributed by atoms with Gasteiger partial charge in [-0.2, -0.15) is 0 Å². The second-order valence-electron chi connectivity index (χ2n) is 6.25. The maximum atomic E-state index is 11.2. The zero-order valence-electron chi connectivity index (χ0n) is 18.1. The van der Waals surface area contributed by atoms with Crippen molar-refractivity contribution in [3.05, 3.63) is 0 Å². The molecule has 0 rings (SSSR count). The molecule has 0 fully saturated rings. The summed E-state index contributed by atoms with van der Waals surface area (Å²) in [6.45, 7) is 4.37. The number of rotatable bonds is 22. The largest absolute Gasteiger partial charge is 0.379 e. The molecule has 13 heteroatoms. The van der Waals surface area contributed by atoms with Crippen molar-refractivity contribution in [1.82, 2.24) is 10.9 Å². The monoisotopic (exact) mass is 452 g/mol. The number of carbonyl (C=O) groups is 3. The summed E-state index contributed by atoms with van der Waals surface area (Å²) < 4.78 is 27.0. The smallest absolute Gasteiger partial charge is 0.352 e. The number of ether oxygens (including phenoxy) is 5. The van der Waals surface area contributed by atoms with Crippen LogP contribution in [0.5, 0.6) is 0 Å². The minimum atomic E-state index is -0.669. The summed E-state index contributed by atoms with van der Waals surface area (Å²) in [5.74, 6) is 4.67. The van der Waals surface area contributed by atoms with E-state index < -0.39 is 6.03 Å². The van der Waals surface area contributed by atoms with Gasteiger partial charge in [0.2, 0.25) is 0 Å². The number of urea groups is 1. The number of hydroxylamine groups is 1. The summed E-state index contributed by atoms with van der Waals surface area (Å²) in [7, 11) is 0. The molecule has 6 N–H and O–H groups in total. The fraction of sp³-hybridized carbons (Fsp3) is 0.833. The van der Waals surface area contributed by atoms with Gasteiger partial charge in [0.15, 0.2) is 11.6 Å². The van der Waals surface area contributed by atoms with E-state index in [2.05, 4.69) is 5.48 Å². The van der Waals surface area contributed by atoms with Crippen LogP contribution in [0.1, 0.15) is 13.3 Å². The van der Waals surface area contributed by atoms with Gasteiger partial charge in [0.05, 0.1) is 66.0 Å². The maximum Gasteiger partial charge on any atom is 0.352 e. The predicted octanol–water partition coefficient (Wildman–Crippen LogP) is -1.70. The van der Waals surface area contributed by atoms with Gasteiger partial charge in [-0.1, -0.05) is 6.92 Å². The van der Waals surface area contributed by atoms with Crippen molar-refractivity contribution in [1.29, 1.82) is 0 Å². The van der Waals surface area contributed by atoms with Crippen LogP contribution in [0, 0.1) is 5.92 Å². The van der Waals surface area contributed by atoms with Crippen LogP contribution in [-0.2, 0) is 38.1 Å². The van der Waals surface area contributed by atoms with Crippen LogP contribution in [0.25, 0.3) is 0 Å². The van der Waals surface area contributed by atoms with Gasteiger partial charge in [-0.3, -0.25) is 19.9 Å². The Labute approximate surface area is 182 Å². The average molecular weight is 453 g/mol. The van der Waals surface area contributed by atoms with E-state index in [0.29, 0.717) is 46.1 Å². The van der Waals surface area contributed by atoms with Gasteiger partial charge in [0.25, 0.3) is 0 Å². The molecule has 0 aromatic carbocycles. The fourth-order valence-electron chi connectivity index (χ4n) is 1.91. The number of amides is 2. The standard InChI is InChI=1S/C18H36N4O9/c1-2-16(23)13-29-5-3-26-10-15(11-27-4-6-30-14-17(24)9-19)12-28-7-8-31-22-18(25)21-20/h15H,2-14,19-20H2,1H3,(H2,21,22,25). The van der Waals surface area contributed by atoms with E-state index >= 15 is 0 Å². The zero-order valence-corrected chi connectivity index (χ0v) is 18.1. The molecule has 2 amide bonds. The summed E-state index contributed by atoms with van der Waals surface area (Å²) >= 11 is 0. The molecule has 31 heavy (non-hydrogen) atoms. The molecule has 182 valence electrons. The summed E-state index contributed by atoms with van der Waals surface area (Å²) in [5, 5.41) is 0. The first kappa shape index (κ1) is 29.3. The summed E-state index contributed by atoms with van der Waals surface area (Å²) in [4.78, 5) is 37.9. The number of nitrogens with two attached hydrogens (primary N) is 2. The molecule has 13 nitrogen and oxygen atoms in total. The van der Waals surface area contributed by atoms with Crippen molar-refractivity contribution >= 4 is 17.6 Å². The predicted molar refractivity (Wildman–Crippen MR) is 109 cm³/mol. The number of hydrazine groups is 1. The Bertz CT molecular complexity index is 416. The van der Waals surface area contributed by atoms with Crippen LogP contribution in [-0.4, -0.2) is 96.8 Å². The highest BCUT2D eigenvalue weighted by atomic mass is 16.7. The molecule has 0 bridgehead atoms. The lowest BCUT2D eigenvalue weighted by Gasteiger charge is -2.18. The van der Waals surface area contributed by atoms with Crippen molar-refractivity contribution in [2.24, 2.45) is 17.5 Å². The van der Waals surface area contributed by atoms with Gasteiger partial charge in [0, 0.05) is 12.3 Å². The van der Waals surface area contributed by atoms with Crippen LogP contribution in [0.15, 0.2) is 0 Å². The molecular weight excluding hydrogens is 416 g/mol. The normalized spacial score (nSPS) is 11.8. The van der Waals surface area contributed by atoms with Gasteiger partial charge in [-0.05, 0) is 0 Å². The minimum Gasteiger partial charge on any atom is -0.379 e. The minimum absolute atomic E-state index is 0.0355. The number of hydrogen-bond donors (Lipinski definition) is 4. The van der Waals surface area contributed by atoms with Gasteiger partial charge in [-0.25, -0.2) is 16.1 Å². The lowest BCUT2D eigenvalue weighted by Crippen LogP contribution is -2.40. The van der Waals surface area contributed by atoms with Gasteiger partial charge in [-0.15, -0.1) is 0 Å². The average Bonchev–Trinajstić information content (AvgIpc) is 2.78. The van der Waals surface area contributed by atoms with E-state index in [1.165, 1.54) is 0 Å². The van der Waals surface area contributed by atoms with Crippen molar-refractivity contribution in [3.8, 4) is 0 Å². The molecule has 0 saturated carbocycles. The first-order valence-electron chi connectivity index (χ1n) is 10.0. The maximum absolute atomic E-state index is 11.2. The lowest BCUT2D eigenvalue weighted by molar-refractivity contribution is -0.124. The van der Waals surface area contributed by atoms with Gasteiger partial charge >= 0.3 is 6.03 Å². The molecule has 0 saturated heterocycles. The van der Waals surface area contributed by atoms with Crippen LogP contribution >= 0.6 is 0 Å². The Hall–Kier alpha value is -1.71. The molecule has 0 heterocycles. The van der Waals surface area contributed by atoms with E-state index in [0.717, 1.165) is 0 Å². The number of Topliss-reactive ketones (excluding diaryl/α,β-unsaturated/α-hetero) is 2. The quantitative estimate of drug-likeness (QED) is 0.0635. The van der Waals surface area contributed by atoms with E-state index in [-0.39, 0.29) is 57.1 Å². The molecule has 1 atom stereocenters. The SMILES string of the molecule is CCC(=O)COCCOCC(COCCOCC(=O)CN)COCCONC(=O)NN. The fourth-order valence-corrected chi connectivity index (χ4v) is 1.91. The Morgan fingerprint density at radius 3 is 1.74 bits per heavy atom. The lowest BCUT2D eigenvalue weighted by atomic mass is 10.2. The zero-order chi connectivity index (χ0) is 23.2. The van der Waals surface area contributed by atoms with Crippen LogP contribution in [0.4, 0.5) is 4.79 Å². The van der Waals surface area contributed by atoms with Crippen LogP contribution < -0.4 is 22.5 Å². The Morgan fingerprint density at radius 1 is 0.774 bits per heavy atom. The Balaban J connectivity index is 4.01. The van der Waals surface area contributed by atoms with Crippen molar-refractivity contribution in [2.45, 2.75) is 13.3 Å². The van der Waals surface area contributed by atoms with Crippen molar-refractivity contribution < 1.29 is 42.9 Å². The van der Waals surface area contributed by atoms with E-state index in [4.69, 9.17) is 40.1 Å². The number of nitrogens with one attached hydrogen (secondary N) is 2. The third-order valence-electron chi connectivity index (χ3n) is 3.58. The van der Waals surface area contributed by atoms with Crippen LogP contribution in [0.3, 0.4) is 0 Å². The summed E-state index contributed by atoms with van der Waals surface area (Å²) in [6.07, 6.45) is 0.442. The molecule has 0 aliphatic carbocycles. The Morgan fingerprint density at radius 2 is 1.26 bits per heavy atom. The summed E-state index contributed by atoms with van der Waals surface area (Å²) in [6, 6.07) is -0.669. The summed E-state index contributed by atoms with van der Waals surface area (Å²) in [5.41, 5.74) is 9.12. The van der Waals surface area contributed by atoms with Gasteiger partial charge in [0.1, 0.15) is 13.2 Å². The molecule has 0 aromatic rings. The van der Waals surface area contributed by atoms with E-state index in [1.54, 1.807) is 6.92 Å². The Kier molecular flexibility index (Phi) is 20.3. The molecular formula is C18H36N4O9. The second-order valence-corrected chi connectivity index (χ2v) is 6.25. The highest BCUT2D eigenvalue weighted by Gasteiger charge is 2.11. The van der Waals surface area contributed by atoms with E-state index in [9.17, 15) is 14.4 Å². The van der Waals surface area contributed by atoms with E-state index in [1.807, 2.05) is 5.43 Å². The number of carbonyl (C=O) groups excluding carboxylic acids is 3. The molecule has 1 unspecified atom stereocenters. The third-order valence-corrected chi connectivity index (χ3v) is 3.58. The molecule has 0 radical (unpaired) electrons. The first-order chi connectivity index (χ1) is 15.0. The molecule has 0 aliphatic heterocycles. The molecule has 0 spiro atoms. The number of hydrogen-bond acceptors (Lipinski definition) is 11. The highest BCUT2D eigenvalue weighted by Crippen LogP contribution is 2.01. The highest BCUT2D eigenvalue weighted by molar-refractivity contribution is 5.81. The van der Waals surface area contributed by atoms with Crippen molar-refractivity contribution in [2.75, 3.05) is 79.2 Å². The first-order valence-corrected chi connectivity index (χ1v) is 10.0. The van der Waals surface area contributed by atoms with Crippen molar-refractivity contribution in [3.63, 3.8) is 0 Å². The molecule has 0 aromatic heterocycles. The van der Waals surface area contributed by atoms with Crippen LogP contribution in [0.2, 0.25) is 0 Å². The van der Waals surface area contributed by atoms with Gasteiger partial charge < -0.3 is 29.4 Å².